The highest BCUT2D eigenvalue weighted by Crippen LogP contribution is 2.33. The monoisotopic (exact) mass is 379 g/mol. The fourth-order valence-electron chi connectivity index (χ4n) is 1.92. The molecule has 2 aromatic rings. The third-order valence-corrected chi connectivity index (χ3v) is 3.67. The van der Waals surface area contributed by atoms with E-state index < -0.39 is 11.8 Å². The number of methoxy groups -OCH3 is 1. The normalized spacial score (nSPS) is 10.5. The number of ether oxygens (including phenoxy) is 1. The van der Waals surface area contributed by atoms with Crippen LogP contribution in [0.1, 0.15) is 11.1 Å². The summed E-state index contributed by atoms with van der Waals surface area (Å²) in [6.07, 6.45) is 1.32. The summed E-state index contributed by atoms with van der Waals surface area (Å²) >= 11 is 12.0. The second-order valence-electron chi connectivity index (χ2n) is 4.89. The van der Waals surface area contributed by atoms with Crippen LogP contribution in [0.2, 0.25) is 10.0 Å². The highest BCUT2D eigenvalue weighted by molar-refractivity contribution is 6.37. The number of nitrogens with one attached hydrogen (secondary N) is 2. The molecule has 8 heteroatoms. The zero-order chi connectivity index (χ0) is 18.2. The van der Waals surface area contributed by atoms with Crippen LogP contribution in [0.25, 0.3) is 0 Å². The Balaban J connectivity index is 1.88. The van der Waals surface area contributed by atoms with Crippen molar-refractivity contribution in [2.24, 2.45) is 5.10 Å². The van der Waals surface area contributed by atoms with E-state index in [4.69, 9.17) is 27.9 Å². The number of nitrogens with zero attached hydrogens (tertiary/aromatic N) is 1. The number of carbonyl (C=O) groups is 2. The Morgan fingerprint density at radius 1 is 1.12 bits per heavy atom. The van der Waals surface area contributed by atoms with Gasteiger partial charge in [-0.1, -0.05) is 53.5 Å². The summed E-state index contributed by atoms with van der Waals surface area (Å²) in [6.45, 7) is 0.250. The van der Waals surface area contributed by atoms with E-state index >= 15 is 0 Å². The average molecular weight is 380 g/mol. The topological polar surface area (TPSA) is 79.8 Å². The molecule has 0 aliphatic rings. The van der Waals surface area contributed by atoms with E-state index in [0.717, 1.165) is 5.56 Å². The minimum atomic E-state index is -0.877. The molecule has 2 amide bonds. The minimum Gasteiger partial charge on any atom is -0.494 e. The van der Waals surface area contributed by atoms with Gasteiger partial charge in [0.05, 0.1) is 23.4 Å². The molecule has 0 atom stereocenters. The molecule has 0 aliphatic heterocycles. The fraction of sp³-hybridized carbons (Fsp3) is 0.118. The lowest BCUT2D eigenvalue weighted by Gasteiger charge is -2.06. The summed E-state index contributed by atoms with van der Waals surface area (Å²) in [6, 6.07) is 12.4. The maximum Gasteiger partial charge on any atom is 0.329 e. The largest absolute Gasteiger partial charge is 0.494 e. The van der Waals surface area contributed by atoms with Crippen LogP contribution < -0.4 is 15.5 Å². The van der Waals surface area contributed by atoms with Crippen molar-refractivity contribution in [3.05, 3.63) is 63.6 Å². The smallest absolute Gasteiger partial charge is 0.329 e. The Morgan fingerprint density at radius 3 is 2.36 bits per heavy atom. The number of carbonyl (C=O) groups excluding carboxylic acids is 2. The van der Waals surface area contributed by atoms with Crippen LogP contribution in [0.3, 0.4) is 0 Å². The number of hydrogen-bond acceptors (Lipinski definition) is 4. The van der Waals surface area contributed by atoms with Gasteiger partial charge in [0.25, 0.3) is 0 Å². The van der Waals surface area contributed by atoms with Crippen LogP contribution in [0.4, 0.5) is 0 Å². The number of hydrazone groups is 1. The molecular formula is C17H15Cl2N3O3. The molecule has 2 aromatic carbocycles. The molecule has 0 saturated carbocycles. The first-order chi connectivity index (χ1) is 12.0. The molecule has 2 rings (SSSR count). The highest BCUT2D eigenvalue weighted by atomic mass is 35.5. The number of hydrogen-bond donors (Lipinski definition) is 2. The molecular weight excluding hydrogens is 365 g/mol. The van der Waals surface area contributed by atoms with Crippen molar-refractivity contribution in [2.75, 3.05) is 7.11 Å². The zero-order valence-electron chi connectivity index (χ0n) is 13.3. The van der Waals surface area contributed by atoms with E-state index in [0.29, 0.717) is 21.4 Å². The molecule has 0 fully saturated rings. The van der Waals surface area contributed by atoms with Crippen LogP contribution in [-0.4, -0.2) is 25.1 Å². The molecule has 25 heavy (non-hydrogen) atoms. The maximum absolute atomic E-state index is 11.7. The molecule has 0 bridgehead atoms. The van der Waals surface area contributed by atoms with Crippen LogP contribution >= 0.6 is 23.2 Å². The second-order valence-corrected chi connectivity index (χ2v) is 5.70. The first-order valence-corrected chi connectivity index (χ1v) is 7.95. The lowest BCUT2D eigenvalue weighted by Crippen LogP contribution is -2.37. The average Bonchev–Trinajstić information content (AvgIpc) is 2.60. The van der Waals surface area contributed by atoms with E-state index in [1.165, 1.54) is 13.3 Å². The van der Waals surface area contributed by atoms with Crippen molar-refractivity contribution in [2.45, 2.75) is 6.54 Å². The molecule has 0 aliphatic carbocycles. The molecule has 0 heterocycles. The highest BCUT2D eigenvalue weighted by Gasteiger charge is 2.12. The molecule has 130 valence electrons. The van der Waals surface area contributed by atoms with Crippen molar-refractivity contribution in [3.63, 3.8) is 0 Å². The van der Waals surface area contributed by atoms with Crippen molar-refractivity contribution >= 4 is 41.2 Å². The zero-order valence-corrected chi connectivity index (χ0v) is 14.8. The standard InChI is InChI=1S/C17H15Cl2N3O3/c1-25-15-13(18)7-12(8-14(15)19)10-21-22-17(24)16(23)20-9-11-5-3-2-4-6-11/h2-8,10H,9H2,1H3,(H,20,23)(H,22,24)/b21-10-. The molecule has 2 N–H and O–H groups in total. The lowest BCUT2D eigenvalue weighted by molar-refractivity contribution is -0.139. The second kappa shape index (κ2) is 9.05. The van der Waals surface area contributed by atoms with Gasteiger partial charge in [-0.05, 0) is 23.3 Å². The number of rotatable bonds is 5. The van der Waals surface area contributed by atoms with Crippen molar-refractivity contribution < 1.29 is 14.3 Å². The fourth-order valence-corrected chi connectivity index (χ4v) is 2.58. The van der Waals surface area contributed by atoms with Gasteiger partial charge in [-0.3, -0.25) is 9.59 Å². The Labute approximate surface area is 154 Å². The summed E-state index contributed by atoms with van der Waals surface area (Å²) in [5, 5.41) is 6.83. The van der Waals surface area contributed by atoms with Gasteiger partial charge in [0, 0.05) is 6.54 Å². The Bertz CT molecular complexity index is 772. The van der Waals surface area contributed by atoms with Crippen LogP contribution in [-0.2, 0) is 16.1 Å². The van der Waals surface area contributed by atoms with Gasteiger partial charge in [0.2, 0.25) is 0 Å². The summed E-state index contributed by atoms with van der Waals surface area (Å²) in [5.41, 5.74) is 3.56. The summed E-state index contributed by atoms with van der Waals surface area (Å²) in [5.74, 6) is -1.31. The lowest BCUT2D eigenvalue weighted by atomic mass is 10.2. The van der Waals surface area contributed by atoms with Gasteiger partial charge in [-0.15, -0.1) is 0 Å². The number of halogens is 2. The Morgan fingerprint density at radius 2 is 1.76 bits per heavy atom. The van der Waals surface area contributed by atoms with Gasteiger partial charge in [-0.2, -0.15) is 5.10 Å². The molecule has 0 spiro atoms. The number of amides is 2. The molecule has 0 aromatic heterocycles. The van der Waals surface area contributed by atoms with Crippen LogP contribution in [0.15, 0.2) is 47.6 Å². The molecule has 0 unspecified atom stereocenters. The van der Waals surface area contributed by atoms with Crippen molar-refractivity contribution in [1.82, 2.24) is 10.7 Å². The third kappa shape index (κ3) is 5.48. The van der Waals surface area contributed by atoms with E-state index in [-0.39, 0.29) is 6.54 Å². The van der Waals surface area contributed by atoms with Gasteiger partial charge < -0.3 is 10.1 Å². The molecule has 6 nitrogen and oxygen atoms in total. The minimum absolute atomic E-state index is 0.250. The van der Waals surface area contributed by atoms with Gasteiger partial charge in [0.15, 0.2) is 5.75 Å². The third-order valence-electron chi connectivity index (χ3n) is 3.11. The van der Waals surface area contributed by atoms with Gasteiger partial charge in [-0.25, -0.2) is 5.43 Å². The SMILES string of the molecule is COc1c(Cl)cc(/C=N\NC(=O)C(=O)NCc2ccccc2)cc1Cl. The molecule has 0 radical (unpaired) electrons. The first-order valence-electron chi connectivity index (χ1n) is 7.19. The summed E-state index contributed by atoms with van der Waals surface area (Å²) in [4.78, 5) is 23.4. The van der Waals surface area contributed by atoms with Crippen LogP contribution in [0.5, 0.6) is 5.75 Å². The van der Waals surface area contributed by atoms with E-state index in [1.807, 2.05) is 30.3 Å². The summed E-state index contributed by atoms with van der Waals surface area (Å²) < 4.78 is 5.04. The first kappa shape index (κ1) is 18.8. The van der Waals surface area contributed by atoms with E-state index in [2.05, 4.69) is 15.8 Å². The maximum atomic E-state index is 11.7. The van der Waals surface area contributed by atoms with Crippen molar-refractivity contribution in [1.29, 1.82) is 0 Å². The predicted octanol–water partition coefficient (Wildman–Crippen LogP) is 2.77. The molecule has 0 saturated heterocycles. The Kier molecular flexibility index (Phi) is 6.80. The predicted molar refractivity (Wildman–Crippen MR) is 97.0 cm³/mol. The summed E-state index contributed by atoms with van der Waals surface area (Å²) in [7, 11) is 1.45. The van der Waals surface area contributed by atoms with Gasteiger partial charge >= 0.3 is 11.8 Å². The van der Waals surface area contributed by atoms with E-state index in [1.54, 1.807) is 12.1 Å². The van der Waals surface area contributed by atoms with E-state index in [9.17, 15) is 9.59 Å². The Hall–Kier alpha value is -2.57. The quantitative estimate of drug-likeness (QED) is 0.476. The number of benzene rings is 2. The van der Waals surface area contributed by atoms with Crippen molar-refractivity contribution in [3.8, 4) is 5.75 Å². The van der Waals surface area contributed by atoms with Gasteiger partial charge in [0.1, 0.15) is 0 Å². The van der Waals surface area contributed by atoms with Crippen LogP contribution in [0, 0.1) is 0 Å².